The van der Waals surface area contributed by atoms with Crippen LogP contribution in [0.1, 0.15) is 16.8 Å². The van der Waals surface area contributed by atoms with Crippen molar-refractivity contribution in [3.05, 3.63) is 81.7 Å². The maximum atomic E-state index is 6.15. The number of nitrogens with zero attached hydrogens (tertiary/aromatic N) is 2. The number of hydrogen-bond donors (Lipinski definition) is 0. The van der Waals surface area contributed by atoms with Gasteiger partial charge in [0.2, 0.25) is 0 Å². The molecule has 0 unspecified atom stereocenters. The summed E-state index contributed by atoms with van der Waals surface area (Å²) >= 11 is 12.1. The van der Waals surface area contributed by atoms with E-state index in [0.717, 1.165) is 11.1 Å². The predicted molar refractivity (Wildman–Crippen MR) is 96.4 cm³/mol. The summed E-state index contributed by atoms with van der Waals surface area (Å²) in [7, 11) is 1.48. The van der Waals surface area contributed by atoms with E-state index in [1.807, 2.05) is 24.3 Å². The number of rotatable bonds is 6. The molecule has 2 aromatic carbocycles. The van der Waals surface area contributed by atoms with Crippen molar-refractivity contribution in [3.63, 3.8) is 0 Å². The van der Waals surface area contributed by atoms with Gasteiger partial charge in [-0.3, -0.25) is 0 Å². The monoisotopic (exact) mass is 376 g/mol. The van der Waals surface area contributed by atoms with Crippen molar-refractivity contribution >= 4 is 28.9 Å². The topological polar surface area (TPSA) is 56.9 Å². The van der Waals surface area contributed by atoms with E-state index in [-0.39, 0.29) is 6.61 Å². The molecule has 1 heterocycles. The molecular formula is C18H14Cl2N2O3. The summed E-state index contributed by atoms with van der Waals surface area (Å²) in [5.74, 6) is 0.510. The molecule has 0 bridgehead atoms. The fraction of sp³-hybridized carbons (Fsp3) is 0.111. The second-order valence-electron chi connectivity index (χ2n) is 5.03. The van der Waals surface area contributed by atoms with Crippen LogP contribution in [0.25, 0.3) is 0 Å². The molecule has 5 nitrogen and oxygen atoms in total. The second kappa shape index (κ2) is 8.05. The van der Waals surface area contributed by atoms with Crippen LogP contribution >= 0.6 is 23.2 Å². The molecule has 0 spiro atoms. The standard InChI is InChI=1S/C18H14Cl2N2O3/c1-23-22-18(16-8-9-25-21-16)14-5-3-2-4-12(14)11-24-17-10-13(19)6-7-15(17)20/h2-10H,11H2,1H3/b22-18-. The molecule has 0 saturated carbocycles. The van der Waals surface area contributed by atoms with Crippen LogP contribution in [0.3, 0.4) is 0 Å². The van der Waals surface area contributed by atoms with Gasteiger partial charge in [0.15, 0.2) is 0 Å². The largest absolute Gasteiger partial charge is 0.487 e. The first-order valence-corrected chi connectivity index (χ1v) is 8.12. The highest BCUT2D eigenvalue weighted by molar-refractivity contribution is 6.34. The molecule has 0 aliphatic rings. The van der Waals surface area contributed by atoms with Crippen molar-refractivity contribution < 1.29 is 14.1 Å². The third-order valence-electron chi connectivity index (χ3n) is 3.41. The maximum absolute atomic E-state index is 6.15. The molecule has 0 amide bonds. The average Bonchev–Trinajstić information content (AvgIpc) is 3.15. The van der Waals surface area contributed by atoms with Crippen molar-refractivity contribution in [2.45, 2.75) is 6.61 Å². The van der Waals surface area contributed by atoms with Gasteiger partial charge in [-0.2, -0.15) is 0 Å². The Kier molecular flexibility index (Phi) is 5.58. The summed E-state index contributed by atoms with van der Waals surface area (Å²) < 4.78 is 10.7. The molecule has 0 fully saturated rings. The Morgan fingerprint density at radius 1 is 1.16 bits per heavy atom. The SMILES string of the molecule is CO/N=C(\c1ccon1)c1ccccc1COc1cc(Cl)ccc1Cl. The van der Waals surface area contributed by atoms with Gasteiger partial charge in [-0.15, -0.1) is 0 Å². The van der Waals surface area contributed by atoms with Gasteiger partial charge in [-0.05, 0) is 17.7 Å². The first kappa shape index (κ1) is 17.3. The van der Waals surface area contributed by atoms with Crippen LogP contribution in [0.5, 0.6) is 5.75 Å². The Morgan fingerprint density at radius 2 is 2.00 bits per heavy atom. The lowest BCUT2D eigenvalue weighted by atomic mass is 10.0. The van der Waals surface area contributed by atoms with Gasteiger partial charge < -0.3 is 14.1 Å². The van der Waals surface area contributed by atoms with Crippen LogP contribution < -0.4 is 4.74 Å². The van der Waals surface area contributed by atoms with Gasteiger partial charge in [-0.1, -0.05) is 57.8 Å². The van der Waals surface area contributed by atoms with E-state index in [1.165, 1.54) is 13.4 Å². The number of halogens is 2. The second-order valence-corrected chi connectivity index (χ2v) is 5.87. The lowest BCUT2D eigenvalue weighted by Gasteiger charge is -2.12. The van der Waals surface area contributed by atoms with Crippen molar-refractivity contribution in [3.8, 4) is 5.75 Å². The van der Waals surface area contributed by atoms with Gasteiger partial charge >= 0.3 is 0 Å². The van der Waals surface area contributed by atoms with Gasteiger partial charge in [-0.25, -0.2) is 0 Å². The highest BCUT2D eigenvalue weighted by Gasteiger charge is 2.16. The molecule has 0 saturated heterocycles. The number of ether oxygens (including phenoxy) is 1. The highest BCUT2D eigenvalue weighted by atomic mass is 35.5. The van der Waals surface area contributed by atoms with E-state index in [4.69, 9.17) is 37.3 Å². The lowest BCUT2D eigenvalue weighted by molar-refractivity contribution is 0.213. The van der Waals surface area contributed by atoms with Gasteiger partial charge in [0.05, 0.1) is 5.02 Å². The van der Waals surface area contributed by atoms with E-state index < -0.39 is 0 Å². The van der Waals surface area contributed by atoms with E-state index in [2.05, 4.69) is 10.3 Å². The quantitative estimate of drug-likeness (QED) is 0.450. The summed E-state index contributed by atoms with van der Waals surface area (Å²) in [4.78, 5) is 4.96. The maximum Gasteiger partial charge on any atom is 0.139 e. The molecule has 3 aromatic rings. The molecule has 0 N–H and O–H groups in total. The number of aromatic nitrogens is 1. The smallest absolute Gasteiger partial charge is 0.139 e. The average molecular weight is 377 g/mol. The third kappa shape index (κ3) is 4.13. The zero-order valence-electron chi connectivity index (χ0n) is 13.3. The van der Waals surface area contributed by atoms with E-state index >= 15 is 0 Å². The molecule has 0 radical (unpaired) electrons. The van der Waals surface area contributed by atoms with Crippen molar-refractivity contribution in [1.82, 2.24) is 5.16 Å². The number of benzene rings is 2. The van der Waals surface area contributed by atoms with Gasteiger partial charge in [0.25, 0.3) is 0 Å². The van der Waals surface area contributed by atoms with E-state index in [9.17, 15) is 0 Å². The highest BCUT2D eigenvalue weighted by Crippen LogP contribution is 2.29. The lowest BCUT2D eigenvalue weighted by Crippen LogP contribution is -2.10. The molecule has 0 aliphatic carbocycles. The fourth-order valence-corrected chi connectivity index (χ4v) is 2.61. The molecule has 7 heteroatoms. The number of hydrogen-bond acceptors (Lipinski definition) is 5. The van der Waals surface area contributed by atoms with Gasteiger partial charge in [0, 0.05) is 22.7 Å². The minimum atomic E-state index is 0.275. The zero-order chi connectivity index (χ0) is 17.6. The molecule has 25 heavy (non-hydrogen) atoms. The Labute approximate surface area is 154 Å². The number of oxime groups is 1. The predicted octanol–water partition coefficient (Wildman–Crippen LogP) is 4.96. The Hall–Kier alpha value is -2.50. The normalized spacial score (nSPS) is 11.4. The molecular weight excluding hydrogens is 363 g/mol. The molecule has 1 aromatic heterocycles. The summed E-state index contributed by atoms with van der Waals surface area (Å²) in [6, 6.07) is 14.4. The summed E-state index contributed by atoms with van der Waals surface area (Å²) in [6.07, 6.45) is 1.48. The van der Waals surface area contributed by atoms with Crippen LogP contribution in [0, 0.1) is 0 Å². The van der Waals surface area contributed by atoms with Crippen LogP contribution in [0.4, 0.5) is 0 Å². The minimum absolute atomic E-state index is 0.275. The fourth-order valence-electron chi connectivity index (χ4n) is 2.28. The molecule has 0 aliphatic heterocycles. The van der Waals surface area contributed by atoms with Crippen LogP contribution in [0.15, 0.2) is 64.5 Å². The molecule has 0 atom stereocenters. The third-order valence-corrected chi connectivity index (χ3v) is 3.96. The van der Waals surface area contributed by atoms with E-state index in [0.29, 0.717) is 27.2 Å². The van der Waals surface area contributed by atoms with Crippen LogP contribution in [-0.2, 0) is 11.4 Å². The van der Waals surface area contributed by atoms with Gasteiger partial charge in [0.1, 0.15) is 37.1 Å². The van der Waals surface area contributed by atoms with Crippen LogP contribution in [-0.4, -0.2) is 18.0 Å². The van der Waals surface area contributed by atoms with Crippen molar-refractivity contribution in [1.29, 1.82) is 0 Å². The van der Waals surface area contributed by atoms with Crippen molar-refractivity contribution in [2.75, 3.05) is 7.11 Å². The summed E-state index contributed by atoms with van der Waals surface area (Å²) in [6.45, 7) is 0.275. The Bertz CT molecular complexity index is 880. The minimum Gasteiger partial charge on any atom is -0.487 e. The summed E-state index contributed by atoms with van der Waals surface area (Å²) in [5, 5.41) is 9.05. The van der Waals surface area contributed by atoms with Crippen molar-refractivity contribution in [2.24, 2.45) is 5.16 Å². The van der Waals surface area contributed by atoms with Crippen LogP contribution in [0.2, 0.25) is 10.0 Å². The molecule has 128 valence electrons. The zero-order valence-corrected chi connectivity index (χ0v) is 14.8. The Morgan fingerprint density at radius 3 is 2.76 bits per heavy atom. The first-order valence-electron chi connectivity index (χ1n) is 7.37. The summed E-state index contributed by atoms with van der Waals surface area (Å²) in [5.41, 5.74) is 2.82. The molecule has 3 rings (SSSR count). The van der Waals surface area contributed by atoms with E-state index in [1.54, 1.807) is 24.3 Å². The first-order chi connectivity index (χ1) is 12.2. The Balaban J connectivity index is 1.90.